The molecule has 0 unspecified atom stereocenters. The smallest absolute Gasteiger partial charge is 0.328 e. The van der Waals surface area contributed by atoms with Gasteiger partial charge in [0, 0.05) is 37.7 Å². The van der Waals surface area contributed by atoms with E-state index in [4.69, 9.17) is 15.0 Å². The van der Waals surface area contributed by atoms with Crippen molar-refractivity contribution in [2.75, 3.05) is 7.11 Å². The second kappa shape index (κ2) is 11.0. The number of carbonyl (C=O) groups is 3. The maximum absolute atomic E-state index is 12.8. The van der Waals surface area contributed by atoms with Crippen LogP contribution in [-0.2, 0) is 30.3 Å². The molecule has 0 aliphatic carbocycles. The minimum Gasteiger partial charge on any atom is -0.461 e. The van der Waals surface area contributed by atoms with Gasteiger partial charge in [-0.25, -0.2) is 9.78 Å². The molecule has 0 aliphatic rings. The third-order valence-corrected chi connectivity index (χ3v) is 4.35. The number of carbonyl (C=O) groups excluding carboxylic acids is 3. The van der Waals surface area contributed by atoms with Crippen molar-refractivity contribution in [2.24, 2.45) is 0 Å². The summed E-state index contributed by atoms with van der Waals surface area (Å²) in [7, 11) is 1.40. The monoisotopic (exact) mass is 415 g/mol. The molecule has 10 nitrogen and oxygen atoms in total. The molecular formula is C20H25N5O5. The highest BCUT2D eigenvalue weighted by atomic mass is 16.5. The van der Waals surface area contributed by atoms with Crippen molar-refractivity contribution in [1.82, 2.24) is 15.3 Å². The number of amides is 1. The molecule has 0 fully saturated rings. The van der Waals surface area contributed by atoms with Crippen molar-refractivity contribution < 1.29 is 28.6 Å². The Hall–Kier alpha value is -3.36. The average Bonchev–Trinajstić information content (AvgIpc) is 3.11. The summed E-state index contributed by atoms with van der Waals surface area (Å²) in [6.07, 6.45) is 3.07. The van der Waals surface area contributed by atoms with Gasteiger partial charge in [-0.3, -0.25) is 9.59 Å². The lowest BCUT2D eigenvalue weighted by molar-refractivity contribution is -0.152. The van der Waals surface area contributed by atoms with E-state index in [0.717, 1.165) is 17.2 Å². The van der Waals surface area contributed by atoms with E-state index in [9.17, 15) is 14.4 Å². The van der Waals surface area contributed by atoms with Crippen molar-refractivity contribution in [1.29, 1.82) is 0 Å². The van der Waals surface area contributed by atoms with Crippen molar-refractivity contribution in [3.05, 3.63) is 35.6 Å². The molecule has 2 rings (SSSR count). The molecule has 10 heteroatoms. The Balaban J connectivity index is 2.10. The lowest BCUT2D eigenvalue weighted by Crippen LogP contribution is -2.48. The van der Waals surface area contributed by atoms with Gasteiger partial charge in [-0.05, 0) is 38.0 Å². The Kier molecular flexibility index (Phi) is 8.40. The molecule has 2 heterocycles. The molecule has 2 atom stereocenters. The van der Waals surface area contributed by atoms with E-state index in [2.05, 4.69) is 20.1 Å². The van der Waals surface area contributed by atoms with E-state index in [-0.39, 0.29) is 25.4 Å². The highest BCUT2D eigenvalue weighted by Crippen LogP contribution is 2.18. The number of Topliss-reactive ketones (excluding diaryl/α,β-unsaturated/α-hetero) is 1. The zero-order valence-electron chi connectivity index (χ0n) is 17.1. The number of H-pyrrole nitrogens is 1. The molecule has 0 radical (unpaired) electrons. The fourth-order valence-corrected chi connectivity index (χ4v) is 2.91. The van der Waals surface area contributed by atoms with Gasteiger partial charge in [0.1, 0.15) is 17.8 Å². The van der Waals surface area contributed by atoms with Gasteiger partial charge in [-0.2, -0.15) is 4.79 Å². The van der Waals surface area contributed by atoms with Crippen LogP contribution in [0, 0.1) is 0 Å². The first-order valence-corrected chi connectivity index (χ1v) is 9.50. The minimum absolute atomic E-state index is 0.00438. The van der Waals surface area contributed by atoms with Crippen LogP contribution >= 0.6 is 0 Å². The number of hydrogen-bond acceptors (Lipinski definition) is 6. The van der Waals surface area contributed by atoms with E-state index >= 15 is 0 Å². The number of nitrogens with zero attached hydrogens (tertiary/aromatic N) is 3. The van der Waals surface area contributed by atoms with Crippen molar-refractivity contribution >= 4 is 34.9 Å². The van der Waals surface area contributed by atoms with Crippen LogP contribution in [0.2, 0.25) is 0 Å². The second-order valence-corrected chi connectivity index (χ2v) is 6.94. The molecule has 0 aliphatic heterocycles. The molecular weight excluding hydrogens is 390 g/mol. The minimum atomic E-state index is -1.04. The van der Waals surface area contributed by atoms with Crippen molar-refractivity contribution in [2.45, 2.75) is 51.4 Å². The Bertz CT molecular complexity index is 948. The van der Waals surface area contributed by atoms with E-state index in [1.807, 2.05) is 6.07 Å². The SMILES string of the molecule is CO[C@@H](Cc1c[nH]c2ncccc12)C(=O)N[C@@H](CCC(=O)C=[N+]=[N-])C(=O)OC(C)C. The fraction of sp³-hybridized carbons (Fsp3) is 0.450. The second-order valence-electron chi connectivity index (χ2n) is 6.94. The molecule has 2 aromatic heterocycles. The van der Waals surface area contributed by atoms with Gasteiger partial charge in [0.25, 0.3) is 0 Å². The number of esters is 1. The first-order chi connectivity index (χ1) is 14.3. The molecule has 30 heavy (non-hydrogen) atoms. The number of pyridine rings is 1. The molecule has 0 spiro atoms. The van der Waals surface area contributed by atoms with Crippen LogP contribution in [0.1, 0.15) is 32.3 Å². The maximum Gasteiger partial charge on any atom is 0.328 e. The fourth-order valence-electron chi connectivity index (χ4n) is 2.91. The Labute approximate surface area is 173 Å². The lowest BCUT2D eigenvalue weighted by atomic mass is 10.1. The van der Waals surface area contributed by atoms with Crippen LogP contribution in [0.3, 0.4) is 0 Å². The van der Waals surface area contributed by atoms with Crippen LogP contribution in [-0.4, -0.2) is 64.0 Å². The molecule has 2 N–H and O–H groups in total. The van der Waals surface area contributed by atoms with Gasteiger partial charge in [-0.1, -0.05) is 0 Å². The highest BCUT2D eigenvalue weighted by molar-refractivity contribution is 6.25. The van der Waals surface area contributed by atoms with Gasteiger partial charge in [-0.15, -0.1) is 0 Å². The van der Waals surface area contributed by atoms with Crippen LogP contribution in [0.4, 0.5) is 0 Å². The maximum atomic E-state index is 12.8. The van der Waals surface area contributed by atoms with E-state index < -0.39 is 29.8 Å². The lowest BCUT2D eigenvalue weighted by Gasteiger charge is -2.21. The number of ether oxygens (including phenoxy) is 2. The number of ketones is 1. The molecule has 160 valence electrons. The summed E-state index contributed by atoms with van der Waals surface area (Å²) in [6.45, 7) is 3.37. The van der Waals surface area contributed by atoms with Crippen LogP contribution in [0.25, 0.3) is 16.6 Å². The summed E-state index contributed by atoms with van der Waals surface area (Å²) in [5, 5.41) is 3.48. The van der Waals surface area contributed by atoms with Gasteiger partial charge in [0.05, 0.1) is 6.10 Å². The number of fused-ring (bicyclic) bond motifs is 1. The van der Waals surface area contributed by atoms with E-state index in [1.165, 1.54) is 7.11 Å². The Morgan fingerprint density at radius 3 is 2.80 bits per heavy atom. The summed E-state index contributed by atoms with van der Waals surface area (Å²) in [6, 6.07) is 2.64. The summed E-state index contributed by atoms with van der Waals surface area (Å²) in [4.78, 5) is 46.7. The predicted molar refractivity (Wildman–Crippen MR) is 108 cm³/mol. The van der Waals surface area contributed by atoms with Crippen molar-refractivity contribution in [3.8, 4) is 0 Å². The zero-order chi connectivity index (χ0) is 22.1. The quantitative estimate of drug-likeness (QED) is 0.244. The summed E-state index contributed by atoms with van der Waals surface area (Å²) >= 11 is 0. The summed E-state index contributed by atoms with van der Waals surface area (Å²) in [5.41, 5.74) is 9.98. The molecule has 0 saturated heterocycles. The predicted octanol–water partition coefficient (Wildman–Crippen LogP) is 1.21. The number of methoxy groups -OCH3 is 1. The summed E-state index contributed by atoms with van der Waals surface area (Å²) < 4.78 is 10.5. The number of aromatic amines is 1. The van der Waals surface area contributed by atoms with Gasteiger partial charge >= 0.3 is 12.2 Å². The average molecular weight is 415 g/mol. The highest BCUT2D eigenvalue weighted by Gasteiger charge is 2.28. The van der Waals surface area contributed by atoms with Crippen molar-refractivity contribution in [3.63, 3.8) is 0 Å². The van der Waals surface area contributed by atoms with Gasteiger partial charge < -0.3 is 25.3 Å². The third-order valence-electron chi connectivity index (χ3n) is 4.35. The number of rotatable bonds is 11. The van der Waals surface area contributed by atoms with Crippen LogP contribution < -0.4 is 5.32 Å². The number of aromatic nitrogens is 2. The van der Waals surface area contributed by atoms with Gasteiger partial charge in [0.2, 0.25) is 11.7 Å². The topological polar surface area (TPSA) is 147 Å². The first kappa shape index (κ1) is 22.9. The molecule has 2 aromatic rings. The van der Waals surface area contributed by atoms with Crippen LogP contribution in [0.15, 0.2) is 24.5 Å². The summed E-state index contributed by atoms with van der Waals surface area (Å²) in [5.74, 6) is -1.65. The first-order valence-electron chi connectivity index (χ1n) is 9.50. The number of nitrogens with one attached hydrogen (secondary N) is 2. The molecule has 1 amide bonds. The van der Waals surface area contributed by atoms with E-state index in [1.54, 1.807) is 32.3 Å². The van der Waals surface area contributed by atoms with Crippen LogP contribution in [0.5, 0.6) is 0 Å². The third kappa shape index (κ3) is 6.33. The normalized spacial score (nSPS) is 12.8. The Morgan fingerprint density at radius 2 is 2.13 bits per heavy atom. The molecule has 0 saturated carbocycles. The zero-order valence-corrected chi connectivity index (χ0v) is 17.1. The molecule has 0 bridgehead atoms. The van der Waals surface area contributed by atoms with Gasteiger partial charge in [0.15, 0.2) is 0 Å². The molecule has 0 aromatic carbocycles. The Morgan fingerprint density at radius 1 is 1.37 bits per heavy atom. The van der Waals surface area contributed by atoms with E-state index in [0.29, 0.717) is 5.65 Å². The number of hydrogen-bond donors (Lipinski definition) is 2. The largest absolute Gasteiger partial charge is 0.461 e. The standard InChI is InChI=1S/C20H25N5O5/c1-12(2)30-20(28)16(7-6-14(26)11-24-21)25-19(27)17(29-3)9-13-10-23-18-15(13)5-4-8-22-18/h4-5,8,10-12,16-17H,6-7,9H2,1-3H3,(H,22,23)(H,25,27)/t16-,17-/m0/s1.